The lowest BCUT2D eigenvalue weighted by Gasteiger charge is -2.24. The number of urea groups is 1. The lowest BCUT2D eigenvalue weighted by atomic mass is 9.88. The summed E-state index contributed by atoms with van der Waals surface area (Å²) in [5.74, 6) is 0.248. The van der Waals surface area contributed by atoms with Gasteiger partial charge in [0.05, 0.1) is 0 Å². The van der Waals surface area contributed by atoms with Gasteiger partial charge in [-0.05, 0) is 47.5 Å². The molecule has 0 spiro atoms. The van der Waals surface area contributed by atoms with Crippen molar-refractivity contribution in [2.75, 3.05) is 11.9 Å². The Morgan fingerprint density at radius 3 is 2.40 bits per heavy atom. The van der Waals surface area contributed by atoms with Crippen molar-refractivity contribution in [2.24, 2.45) is 0 Å². The van der Waals surface area contributed by atoms with Gasteiger partial charge < -0.3 is 15.4 Å². The minimum absolute atomic E-state index is 0.408. The first-order valence-electron chi connectivity index (χ1n) is 11.2. The number of carbonyl (C=O) groups excluding carboxylic acids is 3. The maximum absolute atomic E-state index is 13.4. The number of rotatable bonds is 6. The van der Waals surface area contributed by atoms with Crippen molar-refractivity contribution in [3.8, 4) is 11.5 Å². The Morgan fingerprint density at radius 1 is 0.886 bits per heavy atom. The molecule has 1 unspecified atom stereocenters. The molecule has 5 rings (SSSR count). The molecule has 35 heavy (non-hydrogen) atoms. The molecule has 4 aromatic rings. The van der Waals surface area contributed by atoms with Gasteiger partial charge in [0.1, 0.15) is 23.6 Å². The van der Waals surface area contributed by atoms with Crippen molar-refractivity contribution in [1.29, 1.82) is 0 Å². The van der Waals surface area contributed by atoms with Gasteiger partial charge in [0.25, 0.3) is 5.91 Å². The maximum Gasteiger partial charge on any atom is 0.325 e. The smallest absolute Gasteiger partial charge is 0.325 e. The number of fused-ring (bicyclic) bond motifs is 1. The van der Waals surface area contributed by atoms with E-state index in [0.717, 1.165) is 15.7 Å². The van der Waals surface area contributed by atoms with Gasteiger partial charge in [0, 0.05) is 11.8 Å². The van der Waals surface area contributed by atoms with Crippen LogP contribution >= 0.6 is 0 Å². The molecule has 0 radical (unpaired) electrons. The van der Waals surface area contributed by atoms with Crippen molar-refractivity contribution in [1.82, 2.24) is 10.2 Å². The second kappa shape index (κ2) is 8.95. The molecule has 7 nitrogen and oxygen atoms in total. The third kappa shape index (κ3) is 4.31. The lowest BCUT2D eigenvalue weighted by molar-refractivity contribution is -0.133. The number of benzene rings is 4. The second-order valence-electron chi connectivity index (χ2n) is 8.46. The van der Waals surface area contributed by atoms with Gasteiger partial charge in [-0.2, -0.15) is 0 Å². The minimum Gasteiger partial charge on any atom is -0.457 e. The summed E-state index contributed by atoms with van der Waals surface area (Å²) in [5, 5.41) is 7.35. The summed E-state index contributed by atoms with van der Waals surface area (Å²) in [6.45, 7) is 1.26. The van der Waals surface area contributed by atoms with Crippen LogP contribution in [0.2, 0.25) is 0 Å². The zero-order valence-electron chi connectivity index (χ0n) is 19.0. The van der Waals surface area contributed by atoms with Crippen LogP contribution in [-0.2, 0) is 15.1 Å². The fraction of sp³-hybridized carbons (Fsp3) is 0.107. The van der Waals surface area contributed by atoms with E-state index in [1.807, 2.05) is 72.8 Å². The monoisotopic (exact) mass is 465 g/mol. The molecule has 1 aliphatic heterocycles. The van der Waals surface area contributed by atoms with E-state index in [-0.39, 0.29) is 0 Å². The highest BCUT2D eigenvalue weighted by atomic mass is 16.5. The number of ether oxygens (including phenoxy) is 1. The van der Waals surface area contributed by atoms with Crippen LogP contribution in [0.4, 0.5) is 10.5 Å². The summed E-state index contributed by atoms with van der Waals surface area (Å²) >= 11 is 0. The molecular weight excluding hydrogens is 442 g/mol. The van der Waals surface area contributed by atoms with Crippen LogP contribution in [0, 0.1) is 0 Å². The summed E-state index contributed by atoms with van der Waals surface area (Å²) in [7, 11) is 0. The number of para-hydroxylation sites is 1. The predicted octanol–water partition coefficient (Wildman–Crippen LogP) is 5.04. The van der Waals surface area contributed by atoms with E-state index >= 15 is 0 Å². The van der Waals surface area contributed by atoms with Crippen molar-refractivity contribution in [2.45, 2.75) is 12.5 Å². The molecule has 0 aromatic heterocycles. The van der Waals surface area contributed by atoms with E-state index in [1.54, 1.807) is 31.2 Å². The second-order valence-corrected chi connectivity index (χ2v) is 8.46. The number of imide groups is 1. The van der Waals surface area contributed by atoms with E-state index in [0.29, 0.717) is 22.7 Å². The van der Waals surface area contributed by atoms with Crippen LogP contribution in [0.5, 0.6) is 11.5 Å². The van der Waals surface area contributed by atoms with Gasteiger partial charge >= 0.3 is 6.03 Å². The molecule has 4 amide bonds. The highest BCUT2D eigenvalue weighted by Gasteiger charge is 2.50. The van der Waals surface area contributed by atoms with Crippen LogP contribution < -0.4 is 15.4 Å². The molecule has 1 aliphatic rings. The highest BCUT2D eigenvalue weighted by Crippen LogP contribution is 2.34. The van der Waals surface area contributed by atoms with Crippen molar-refractivity contribution in [3.05, 3.63) is 103 Å². The van der Waals surface area contributed by atoms with Gasteiger partial charge in [0.15, 0.2) is 0 Å². The Morgan fingerprint density at radius 2 is 1.57 bits per heavy atom. The largest absolute Gasteiger partial charge is 0.457 e. The topological polar surface area (TPSA) is 87.7 Å². The average Bonchev–Trinajstić information content (AvgIpc) is 3.08. The molecule has 1 heterocycles. The van der Waals surface area contributed by atoms with E-state index in [1.165, 1.54) is 0 Å². The standard InChI is InChI=1S/C28H23N3O4/c1-28(24-16-7-10-19-9-5-6-15-23(19)24)26(33)31(27(34)30-28)18-25(32)29-20-11-8-14-22(17-20)35-21-12-3-2-4-13-21/h2-17H,18H2,1H3,(H,29,32)(H,30,34). The normalized spacial score (nSPS) is 17.3. The number of amides is 4. The molecule has 2 N–H and O–H groups in total. The quantitative estimate of drug-likeness (QED) is 0.391. The van der Waals surface area contributed by atoms with Gasteiger partial charge in [-0.3, -0.25) is 14.5 Å². The third-order valence-corrected chi connectivity index (χ3v) is 6.00. The summed E-state index contributed by atoms with van der Waals surface area (Å²) in [4.78, 5) is 39.8. The number of nitrogens with one attached hydrogen (secondary N) is 2. The van der Waals surface area contributed by atoms with Crippen LogP contribution in [0.15, 0.2) is 97.1 Å². The zero-order chi connectivity index (χ0) is 24.4. The first kappa shape index (κ1) is 22.2. The molecule has 0 aliphatic carbocycles. The molecule has 7 heteroatoms. The molecular formula is C28H23N3O4. The summed E-state index contributed by atoms with van der Waals surface area (Å²) in [6.07, 6.45) is 0. The third-order valence-electron chi connectivity index (χ3n) is 6.00. The van der Waals surface area contributed by atoms with Crippen molar-refractivity contribution in [3.63, 3.8) is 0 Å². The molecule has 4 aromatic carbocycles. The average molecular weight is 466 g/mol. The number of carbonyl (C=O) groups is 3. The van der Waals surface area contributed by atoms with Crippen LogP contribution in [-0.4, -0.2) is 29.3 Å². The van der Waals surface area contributed by atoms with Crippen molar-refractivity contribution < 1.29 is 19.1 Å². The SMILES string of the molecule is CC1(c2cccc3ccccc23)NC(=O)N(CC(=O)Nc2cccc(Oc3ccccc3)c2)C1=O. The van der Waals surface area contributed by atoms with Crippen LogP contribution in [0.3, 0.4) is 0 Å². The van der Waals surface area contributed by atoms with Gasteiger partial charge in [-0.25, -0.2) is 4.79 Å². The summed E-state index contributed by atoms with van der Waals surface area (Å²) < 4.78 is 5.80. The number of hydrogen-bond acceptors (Lipinski definition) is 4. The molecule has 0 bridgehead atoms. The van der Waals surface area contributed by atoms with E-state index < -0.39 is 29.9 Å². The number of anilines is 1. The van der Waals surface area contributed by atoms with Gasteiger partial charge in [0.2, 0.25) is 5.91 Å². The van der Waals surface area contributed by atoms with E-state index in [4.69, 9.17) is 4.74 Å². The zero-order valence-corrected chi connectivity index (χ0v) is 19.0. The highest BCUT2D eigenvalue weighted by molar-refractivity contribution is 6.11. The molecule has 174 valence electrons. The fourth-order valence-electron chi connectivity index (χ4n) is 4.29. The van der Waals surface area contributed by atoms with Crippen molar-refractivity contribution >= 4 is 34.3 Å². The predicted molar refractivity (Wildman–Crippen MR) is 133 cm³/mol. The summed E-state index contributed by atoms with van der Waals surface area (Å²) in [6, 6.07) is 28.9. The Balaban J connectivity index is 1.31. The van der Waals surface area contributed by atoms with E-state index in [9.17, 15) is 14.4 Å². The minimum atomic E-state index is -1.28. The van der Waals surface area contributed by atoms with Gasteiger partial charge in [-0.15, -0.1) is 0 Å². The Hall–Kier alpha value is -4.65. The van der Waals surface area contributed by atoms with Gasteiger partial charge in [-0.1, -0.05) is 66.7 Å². The maximum atomic E-state index is 13.4. The summed E-state index contributed by atoms with van der Waals surface area (Å²) in [5.41, 5.74) is -0.100. The molecule has 1 saturated heterocycles. The number of nitrogens with zero attached hydrogens (tertiary/aromatic N) is 1. The first-order chi connectivity index (χ1) is 16.9. The molecule has 1 atom stereocenters. The molecule has 1 fully saturated rings. The van der Waals surface area contributed by atoms with E-state index in [2.05, 4.69) is 10.6 Å². The lowest BCUT2D eigenvalue weighted by Crippen LogP contribution is -2.42. The Labute approximate surface area is 202 Å². The fourth-order valence-corrected chi connectivity index (χ4v) is 4.29. The Bertz CT molecular complexity index is 1430. The van der Waals surface area contributed by atoms with Crippen LogP contribution in [0.25, 0.3) is 10.8 Å². The molecule has 0 saturated carbocycles. The number of hydrogen-bond donors (Lipinski definition) is 2. The van der Waals surface area contributed by atoms with Crippen LogP contribution in [0.1, 0.15) is 12.5 Å². The Kier molecular flexibility index (Phi) is 5.66. The first-order valence-corrected chi connectivity index (χ1v) is 11.2.